The van der Waals surface area contributed by atoms with Gasteiger partial charge in [-0.2, -0.15) is 0 Å². The van der Waals surface area contributed by atoms with Crippen LogP contribution in [0.3, 0.4) is 0 Å². The van der Waals surface area contributed by atoms with E-state index in [1.165, 1.54) is 51.4 Å². The molecule has 0 aromatic heterocycles. The number of hydrogen-bond donors (Lipinski definition) is 1. The van der Waals surface area contributed by atoms with Crippen LogP contribution in [0.4, 0.5) is 0 Å². The SMILES string of the molecule is CCCNCCCCOCC1CCCCC1. The second-order valence-electron chi connectivity index (χ2n) is 5.04. The Morgan fingerprint density at radius 1 is 1.06 bits per heavy atom. The minimum Gasteiger partial charge on any atom is -0.381 e. The fourth-order valence-corrected chi connectivity index (χ4v) is 2.36. The minimum absolute atomic E-state index is 0.868. The molecule has 0 aromatic rings. The molecule has 1 aliphatic rings. The third-order valence-corrected chi connectivity index (χ3v) is 3.40. The van der Waals surface area contributed by atoms with Crippen molar-refractivity contribution in [2.45, 2.75) is 58.3 Å². The highest BCUT2D eigenvalue weighted by molar-refractivity contribution is 4.64. The summed E-state index contributed by atoms with van der Waals surface area (Å²) in [6, 6.07) is 0. The summed E-state index contributed by atoms with van der Waals surface area (Å²) in [5.74, 6) is 0.868. The lowest BCUT2D eigenvalue weighted by molar-refractivity contribution is 0.0828. The van der Waals surface area contributed by atoms with Crippen molar-refractivity contribution < 1.29 is 4.74 Å². The Morgan fingerprint density at radius 3 is 2.62 bits per heavy atom. The average molecular weight is 227 g/mol. The number of rotatable bonds is 9. The maximum Gasteiger partial charge on any atom is 0.0494 e. The van der Waals surface area contributed by atoms with E-state index in [-0.39, 0.29) is 0 Å². The Balaban J connectivity index is 1.77. The van der Waals surface area contributed by atoms with Crippen LogP contribution in [0.1, 0.15) is 58.3 Å². The van der Waals surface area contributed by atoms with Crippen LogP contribution in [0.5, 0.6) is 0 Å². The molecule has 0 radical (unpaired) electrons. The van der Waals surface area contributed by atoms with Crippen molar-refractivity contribution in [1.82, 2.24) is 5.32 Å². The first kappa shape index (κ1) is 14.0. The largest absolute Gasteiger partial charge is 0.381 e. The van der Waals surface area contributed by atoms with E-state index in [9.17, 15) is 0 Å². The summed E-state index contributed by atoms with van der Waals surface area (Å²) in [5, 5.41) is 3.42. The summed E-state index contributed by atoms with van der Waals surface area (Å²) < 4.78 is 5.75. The van der Waals surface area contributed by atoms with Gasteiger partial charge in [0.1, 0.15) is 0 Å². The summed E-state index contributed by atoms with van der Waals surface area (Å²) in [6.45, 7) is 6.50. The van der Waals surface area contributed by atoms with E-state index < -0.39 is 0 Å². The van der Waals surface area contributed by atoms with Gasteiger partial charge in [-0.3, -0.25) is 0 Å². The summed E-state index contributed by atoms with van der Waals surface area (Å²) in [4.78, 5) is 0. The second-order valence-corrected chi connectivity index (χ2v) is 5.04. The van der Waals surface area contributed by atoms with Gasteiger partial charge < -0.3 is 10.1 Å². The normalized spacial score (nSPS) is 17.8. The highest BCUT2D eigenvalue weighted by Gasteiger charge is 2.12. The Kier molecular flexibility index (Phi) is 8.83. The zero-order valence-electron chi connectivity index (χ0n) is 11.0. The zero-order valence-corrected chi connectivity index (χ0v) is 11.0. The van der Waals surface area contributed by atoms with Gasteiger partial charge in [-0.1, -0.05) is 26.2 Å². The quantitative estimate of drug-likeness (QED) is 0.610. The smallest absolute Gasteiger partial charge is 0.0494 e. The molecule has 1 rings (SSSR count). The fourth-order valence-electron chi connectivity index (χ4n) is 2.36. The zero-order chi connectivity index (χ0) is 11.5. The van der Waals surface area contributed by atoms with Gasteiger partial charge >= 0.3 is 0 Å². The second kappa shape index (κ2) is 10.1. The van der Waals surface area contributed by atoms with Gasteiger partial charge in [-0.25, -0.2) is 0 Å². The van der Waals surface area contributed by atoms with E-state index in [2.05, 4.69) is 12.2 Å². The van der Waals surface area contributed by atoms with Crippen molar-refractivity contribution in [1.29, 1.82) is 0 Å². The molecule has 0 spiro atoms. The average Bonchev–Trinajstić information content (AvgIpc) is 2.34. The van der Waals surface area contributed by atoms with E-state index >= 15 is 0 Å². The van der Waals surface area contributed by atoms with Crippen LogP contribution < -0.4 is 5.32 Å². The van der Waals surface area contributed by atoms with Crippen LogP contribution in [-0.2, 0) is 4.74 Å². The van der Waals surface area contributed by atoms with Crippen LogP contribution in [-0.4, -0.2) is 26.3 Å². The first-order chi connectivity index (χ1) is 7.93. The first-order valence-electron chi connectivity index (χ1n) is 7.22. The Morgan fingerprint density at radius 2 is 1.88 bits per heavy atom. The topological polar surface area (TPSA) is 21.3 Å². The molecule has 0 heterocycles. The van der Waals surface area contributed by atoms with E-state index in [4.69, 9.17) is 4.74 Å². The van der Waals surface area contributed by atoms with Gasteiger partial charge in [-0.15, -0.1) is 0 Å². The van der Waals surface area contributed by atoms with Crippen molar-refractivity contribution in [3.05, 3.63) is 0 Å². The van der Waals surface area contributed by atoms with Crippen molar-refractivity contribution in [2.75, 3.05) is 26.3 Å². The summed E-state index contributed by atoms with van der Waals surface area (Å²) in [5.41, 5.74) is 0. The number of unbranched alkanes of at least 4 members (excludes halogenated alkanes) is 1. The van der Waals surface area contributed by atoms with Crippen molar-refractivity contribution in [3.8, 4) is 0 Å². The van der Waals surface area contributed by atoms with E-state index in [0.29, 0.717) is 0 Å². The highest BCUT2D eigenvalue weighted by Crippen LogP contribution is 2.23. The fraction of sp³-hybridized carbons (Fsp3) is 1.00. The third-order valence-electron chi connectivity index (χ3n) is 3.40. The molecule has 0 bridgehead atoms. The number of nitrogens with one attached hydrogen (secondary N) is 1. The van der Waals surface area contributed by atoms with Crippen LogP contribution in [0.15, 0.2) is 0 Å². The van der Waals surface area contributed by atoms with Gasteiger partial charge in [0.25, 0.3) is 0 Å². The number of ether oxygens (including phenoxy) is 1. The third kappa shape index (κ3) is 7.24. The van der Waals surface area contributed by atoms with E-state index in [1.54, 1.807) is 0 Å². The van der Waals surface area contributed by atoms with Gasteiger partial charge in [0.05, 0.1) is 0 Å². The summed E-state index contributed by atoms with van der Waals surface area (Å²) in [7, 11) is 0. The van der Waals surface area contributed by atoms with Gasteiger partial charge in [0, 0.05) is 13.2 Å². The lowest BCUT2D eigenvalue weighted by atomic mass is 9.90. The molecule has 1 N–H and O–H groups in total. The molecule has 0 atom stereocenters. The van der Waals surface area contributed by atoms with Crippen LogP contribution in [0.2, 0.25) is 0 Å². The van der Waals surface area contributed by atoms with Crippen molar-refractivity contribution in [2.24, 2.45) is 5.92 Å². The molecule has 1 aliphatic carbocycles. The monoisotopic (exact) mass is 227 g/mol. The first-order valence-corrected chi connectivity index (χ1v) is 7.22. The van der Waals surface area contributed by atoms with E-state index in [0.717, 1.165) is 32.2 Å². The van der Waals surface area contributed by atoms with Gasteiger partial charge in [0.15, 0.2) is 0 Å². The van der Waals surface area contributed by atoms with Gasteiger partial charge in [0.2, 0.25) is 0 Å². The molecule has 16 heavy (non-hydrogen) atoms. The Bertz CT molecular complexity index is 144. The lowest BCUT2D eigenvalue weighted by Gasteiger charge is -2.21. The highest BCUT2D eigenvalue weighted by atomic mass is 16.5. The molecule has 2 nitrogen and oxygen atoms in total. The predicted octanol–water partition coefficient (Wildman–Crippen LogP) is 3.36. The maximum atomic E-state index is 5.75. The summed E-state index contributed by atoms with van der Waals surface area (Å²) >= 11 is 0. The van der Waals surface area contributed by atoms with Gasteiger partial charge in [-0.05, 0) is 51.1 Å². The molecule has 1 saturated carbocycles. The Labute approximate surface area is 101 Å². The standard InChI is InChI=1S/C14H29NO/c1-2-10-15-11-6-7-12-16-13-14-8-4-3-5-9-14/h14-15H,2-13H2,1H3. The predicted molar refractivity (Wildman–Crippen MR) is 69.8 cm³/mol. The molecule has 0 unspecified atom stereocenters. The van der Waals surface area contributed by atoms with Crippen LogP contribution >= 0.6 is 0 Å². The molecular formula is C14H29NO. The van der Waals surface area contributed by atoms with E-state index in [1.807, 2.05) is 0 Å². The molecular weight excluding hydrogens is 198 g/mol. The maximum absolute atomic E-state index is 5.75. The molecule has 2 heteroatoms. The molecule has 0 saturated heterocycles. The van der Waals surface area contributed by atoms with Crippen molar-refractivity contribution >= 4 is 0 Å². The molecule has 1 fully saturated rings. The van der Waals surface area contributed by atoms with Crippen molar-refractivity contribution in [3.63, 3.8) is 0 Å². The lowest BCUT2D eigenvalue weighted by Crippen LogP contribution is -2.17. The minimum atomic E-state index is 0.868. The van der Waals surface area contributed by atoms with Crippen LogP contribution in [0.25, 0.3) is 0 Å². The Hall–Kier alpha value is -0.0800. The summed E-state index contributed by atoms with van der Waals surface area (Å²) in [6.07, 6.45) is 10.8. The molecule has 0 aliphatic heterocycles. The molecule has 96 valence electrons. The molecule has 0 aromatic carbocycles. The number of hydrogen-bond acceptors (Lipinski definition) is 2. The van der Waals surface area contributed by atoms with Crippen LogP contribution in [0, 0.1) is 5.92 Å². The molecule has 0 amide bonds.